The van der Waals surface area contributed by atoms with E-state index >= 15 is 0 Å². The van der Waals surface area contributed by atoms with Gasteiger partial charge in [0.25, 0.3) is 0 Å². The number of thioether (sulfide) groups is 1. The third-order valence-electron chi connectivity index (χ3n) is 2.66. The summed E-state index contributed by atoms with van der Waals surface area (Å²) in [5, 5.41) is 2.94. The number of rotatable bonds is 4. The largest absolute Gasteiger partial charge is 0.355 e. The second-order valence-electron chi connectivity index (χ2n) is 3.77. The molecular weight excluding hydrogens is 218 g/mol. The van der Waals surface area contributed by atoms with Crippen LogP contribution in [0.1, 0.15) is 17.9 Å². The smallest absolute Gasteiger partial charge is 0.228 e. The Hall–Kier alpha value is -1.22. The SMILES string of the molecule is C=CCCNC(=O)C1CSc2ccccc21. The number of benzene rings is 1. The van der Waals surface area contributed by atoms with Gasteiger partial charge in [0.2, 0.25) is 5.91 Å². The molecule has 2 rings (SSSR count). The Morgan fingerprint density at radius 1 is 1.56 bits per heavy atom. The fourth-order valence-electron chi connectivity index (χ4n) is 1.80. The van der Waals surface area contributed by atoms with Gasteiger partial charge in [0.15, 0.2) is 0 Å². The normalized spacial score (nSPS) is 17.9. The molecule has 0 aliphatic carbocycles. The van der Waals surface area contributed by atoms with Gasteiger partial charge in [-0.05, 0) is 18.1 Å². The van der Waals surface area contributed by atoms with Gasteiger partial charge in [-0.3, -0.25) is 4.79 Å². The molecule has 0 radical (unpaired) electrons. The van der Waals surface area contributed by atoms with Crippen molar-refractivity contribution in [3.8, 4) is 0 Å². The van der Waals surface area contributed by atoms with Crippen LogP contribution in [-0.4, -0.2) is 18.2 Å². The quantitative estimate of drug-likeness (QED) is 0.639. The van der Waals surface area contributed by atoms with Crippen molar-refractivity contribution in [3.63, 3.8) is 0 Å². The Bertz CT molecular complexity index is 403. The summed E-state index contributed by atoms with van der Waals surface area (Å²) in [6.45, 7) is 4.32. The van der Waals surface area contributed by atoms with E-state index in [1.165, 1.54) is 10.5 Å². The molecule has 1 N–H and O–H groups in total. The molecule has 1 atom stereocenters. The van der Waals surface area contributed by atoms with Crippen molar-refractivity contribution >= 4 is 17.7 Å². The zero-order valence-corrected chi connectivity index (χ0v) is 9.93. The second kappa shape index (κ2) is 5.21. The summed E-state index contributed by atoms with van der Waals surface area (Å²) in [6, 6.07) is 8.14. The van der Waals surface area contributed by atoms with Crippen molar-refractivity contribution < 1.29 is 4.79 Å². The van der Waals surface area contributed by atoms with Gasteiger partial charge < -0.3 is 5.32 Å². The van der Waals surface area contributed by atoms with E-state index in [1.807, 2.05) is 24.3 Å². The molecule has 0 saturated heterocycles. The van der Waals surface area contributed by atoms with Gasteiger partial charge in [0, 0.05) is 17.2 Å². The van der Waals surface area contributed by atoms with Gasteiger partial charge >= 0.3 is 0 Å². The molecule has 1 aromatic carbocycles. The van der Waals surface area contributed by atoms with Gasteiger partial charge in [0.1, 0.15) is 0 Å². The first-order chi connectivity index (χ1) is 7.83. The Morgan fingerprint density at radius 2 is 2.38 bits per heavy atom. The van der Waals surface area contributed by atoms with Gasteiger partial charge in [-0.2, -0.15) is 0 Å². The first kappa shape index (κ1) is 11.3. The molecule has 1 heterocycles. The summed E-state index contributed by atoms with van der Waals surface area (Å²) in [5.41, 5.74) is 1.17. The van der Waals surface area contributed by atoms with Crippen LogP contribution in [0.4, 0.5) is 0 Å². The molecule has 0 spiro atoms. The average molecular weight is 233 g/mol. The van der Waals surface area contributed by atoms with Crippen molar-refractivity contribution in [3.05, 3.63) is 42.5 Å². The lowest BCUT2D eigenvalue weighted by Gasteiger charge is -2.10. The van der Waals surface area contributed by atoms with Crippen LogP contribution in [0.2, 0.25) is 0 Å². The first-order valence-electron chi connectivity index (χ1n) is 5.43. The minimum absolute atomic E-state index is 0.0195. The van der Waals surface area contributed by atoms with Crippen LogP contribution >= 0.6 is 11.8 Å². The van der Waals surface area contributed by atoms with Crippen LogP contribution < -0.4 is 5.32 Å². The maximum atomic E-state index is 11.9. The highest BCUT2D eigenvalue weighted by molar-refractivity contribution is 7.99. The van der Waals surface area contributed by atoms with Crippen molar-refractivity contribution in [2.75, 3.05) is 12.3 Å². The Labute approximate surface area is 100 Å². The van der Waals surface area contributed by atoms with Crippen LogP contribution in [0.25, 0.3) is 0 Å². The molecule has 2 nitrogen and oxygen atoms in total. The monoisotopic (exact) mass is 233 g/mol. The summed E-state index contributed by atoms with van der Waals surface area (Å²) in [6.07, 6.45) is 2.64. The molecule has 1 unspecified atom stereocenters. The van der Waals surface area contributed by atoms with E-state index < -0.39 is 0 Å². The topological polar surface area (TPSA) is 29.1 Å². The molecule has 0 aromatic heterocycles. The number of hydrogen-bond acceptors (Lipinski definition) is 2. The Morgan fingerprint density at radius 3 is 3.19 bits per heavy atom. The van der Waals surface area contributed by atoms with E-state index in [4.69, 9.17) is 0 Å². The fourth-order valence-corrected chi connectivity index (χ4v) is 3.03. The minimum atomic E-state index is 0.0195. The third-order valence-corrected chi connectivity index (χ3v) is 3.85. The summed E-state index contributed by atoms with van der Waals surface area (Å²) >= 11 is 1.76. The maximum absolute atomic E-state index is 11.9. The van der Waals surface area contributed by atoms with Gasteiger partial charge in [-0.1, -0.05) is 24.3 Å². The predicted octanol–water partition coefficient (Wildman–Crippen LogP) is 2.57. The zero-order valence-electron chi connectivity index (χ0n) is 9.11. The van der Waals surface area contributed by atoms with Crippen molar-refractivity contribution in [1.82, 2.24) is 5.32 Å². The molecule has 1 aliphatic rings. The third kappa shape index (κ3) is 2.30. The maximum Gasteiger partial charge on any atom is 0.228 e. The number of carbonyl (C=O) groups excluding carboxylic acids is 1. The standard InChI is InChI=1S/C13H15NOS/c1-2-3-8-14-13(15)11-9-16-12-7-5-4-6-10(11)12/h2,4-7,11H,1,3,8-9H2,(H,14,15). The van der Waals surface area contributed by atoms with Crippen molar-refractivity contribution in [1.29, 1.82) is 0 Å². The molecule has 84 valence electrons. The summed E-state index contributed by atoms with van der Waals surface area (Å²) in [5.74, 6) is 1.02. The second-order valence-corrected chi connectivity index (χ2v) is 4.83. The Balaban J connectivity index is 2.01. The molecule has 1 aromatic rings. The lowest BCUT2D eigenvalue weighted by Crippen LogP contribution is -2.30. The summed E-state index contributed by atoms with van der Waals surface area (Å²) in [4.78, 5) is 13.2. The summed E-state index contributed by atoms with van der Waals surface area (Å²) < 4.78 is 0. The first-order valence-corrected chi connectivity index (χ1v) is 6.42. The number of carbonyl (C=O) groups is 1. The van der Waals surface area contributed by atoms with Crippen LogP contribution in [0, 0.1) is 0 Å². The molecule has 0 bridgehead atoms. The van der Waals surface area contributed by atoms with Crippen molar-refractivity contribution in [2.24, 2.45) is 0 Å². The van der Waals surface area contributed by atoms with Gasteiger partial charge in [-0.15, -0.1) is 18.3 Å². The van der Waals surface area contributed by atoms with E-state index in [2.05, 4.69) is 18.0 Å². The minimum Gasteiger partial charge on any atom is -0.355 e. The number of nitrogens with one attached hydrogen (secondary N) is 1. The molecule has 0 saturated carbocycles. The highest BCUT2D eigenvalue weighted by Gasteiger charge is 2.28. The molecule has 3 heteroatoms. The number of hydrogen-bond donors (Lipinski definition) is 1. The highest BCUT2D eigenvalue weighted by Crippen LogP contribution is 2.39. The molecule has 16 heavy (non-hydrogen) atoms. The van der Waals surface area contributed by atoms with E-state index in [9.17, 15) is 4.79 Å². The van der Waals surface area contributed by atoms with E-state index in [0.29, 0.717) is 6.54 Å². The fraction of sp³-hybridized carbons (Fsp3) is 0.308. The molecule has 1 aliphatic heterocycles. The lowest BCUT2D eigenvalue weighted by atomic mass is 10.0. The van der Waals surface area contributed by atoms with E-state index in [-0.39, 0.29) is 11.8 Å². The van der Waals surface area contributed by atoms with Crippen LogP contribution in [0.3, 0.4) is 0 Å². The zero-order chi connectivity index (χ0) is 11.4. The predicted molar refractivity (Wildman–Crippen MR) is 67.7 cm³/mol. The number of fused-ring (bicyclic) bond motifs is 1. The van der Waals surface area contributed by atoms with Crippen LogP contribution in [-0.2, 0) is 4.79 Å². The average Bonchev–Trinajstić information content (AvgIpc) is 2.73. The highest BCUT2D eigenvalue weighted by atomic mass is 32.2. The van der Waals surface area contributed by atoms with Gasteiger partial charge in [-0.25, -0.2) is 0 Å². The van der Waals surface area contributed by atoms with Crippen molar-refractivity contribution in [2.45, 2.75) is 17.2 Å². The molecule has 1 amide bonds. The van der Waals surface area contributed by atoms with Crippen LogP contribution in [0.5, 0.6) is 0 Å². The lowest BCUT2D eigenvalue weighted by molar-refractivity contribution is -0.122. The van der Waals surface area contributed by atoms with E-state index in [0.717, 1.165) is 12.2 Å². The Kier molecular flexibility index (Phi) is 3.67. The summed E-state index contributed by atoms with van der Waals surface area (Å²) in [7, 11) is 0. The molecular formula is C13H15NOS. The van der Waals surface area contributed by atoms with Gasteiger partial charge in [0.05, 0.1) is 5.92 Å². The van der Waals surface area contributed by atoms with Crippen LogP contribution in [0.15, 0.2) is 41.8 Å². The van der Waals surface area contributed by atoms with E-state index in [1.54, 1.807) is 11.8 Å². The number of amides is 1. The molecule has 0 fully saturated rings.